The molecule has 1 aromatic heterocycles. The highest BCUT2D eigenvalue weighted by atomic mass is 16.6. The Labute approximate surface area is 126 Å². The summed E-state index contributed by atoms with van der Waals surface area (Å²) in [6.45, 7) is 8.25. The lowest BCUT2D eigenvalue weighted by Crippen LogP contribution is -2.43. The predicted octanol–water partition coefficient (Wildman–Crippen LogP) is 3.16. The van der Waals surface area contributed by atoms with Crippen molar-refractivity contribution in [3.8, 4) is 0 Å². The van der Waals surface area contributed by atoms with Gasteiger partial charge in [-0.25, -0.2) is 4.79 Å². The van der Waals surface area contributed by atoms with Crippen molar-refractivity contribution in [3.05, 3.63) is 23.7 Å². The van der Waals surface area contributed by atoms with Crippen LogP contribution in [-0.2, 0) is 11.2 Å². The van der Waals surface area contributed by atoms with E-state index in [1.807, 2.05) is 33.8 Å². The van der Waals surface area contributed by atoms with Crippen LogP contribution in [0.15, 0.2) is 16.7 Å². The van der Waals surface area contributed by atoms with Crippen LogP contribution in [0.25, 0.3) is 0 Å². The fraction of sp³-hybridized carbons (Fsp3) is 0.688. The summed E-state index contributed by atoms with van der Waals surface area (Å²) in [5, 5.41) is 6.35. The van der Waals surface area contributed by atoms with Gasteiger partial charge in [-0.2, -0.15) is 0 Å². The zero-order valence-electron chi connectivity index (χ0n) is 13.4. The highest BCUT2D eigenvalue weighted by Crippen LogP contribution is 2.30. The molecule has 0 spiro atoms. The Hall–Kier alpha value is -1.49. The van der Waals surface area contributed by atoms with Gasteiger partial charge in [0.2, 0.25) is 0 Å². The molecule has 21 heavy (non-hydrogen) atoms. The third kappa shape index (κ3) is 4.77. The van der Waals surface area contributed by atoms with Gasteiger partial charge in [-0.15, -0.1) is 0 Å². The van der Waals surface area contributed by atoms with Crippen molar-refractivity contribution in [3.63, 3.8) is 0 Å². The third-order valence-corrected chi connectivity index (χ3v) is 3.49. The Morgan fingerprint density at radius 3 is 3.00 bits per heavy atom. The minimum Gasteiger partial charge on any atom is -0.469 e. The van der Waals surface area contributed by atoms with Crippen molar-refractivity contribution < 1.29 is 13.9 Å². The van der Waals surface area contributed by atoms with E-state index >= 15 is 0 Å². The largest absolute Gasteiger partial charge is 0.469 e. The first-order chi connectivity index (χ1) is 9.85. The number of carbonyl (C=O) groups excluding carboxylic acids is 1. The standard InChI is InChI=1S/C16H26N2O3/c1-11(18-15(19)21-16(2,3)4)10-17-13-6-5-7-14-12(13)8-9-20-14/h8-9,11,13,17H,5-7,10H2,1-4H3,(H,18,19). The summed E-state index contributed by atoms with van der Waals surface area (Å²) in [6.07, 6.45) is 4.64. The SMILES string of the molecule is CC(CNC1CCCc2occc21)NC(=O)OC(C)(C)C. The average molecular weight is 294 g/mol. The monoisotopic (exact) mass is 294 g/mol. The van der Waals surface area contributed by atoms with Gasteiger partial charge in [-0.1, -0.05) is 0 Å². The molecule has 5 heteroatoms. The maximum absolute atomic E-state index is 11.7. The van der Waals surface area contributed by atoms with Crippen LogP contribution in [0.1, 0.15) is 57.9 Å². The Kier molecular flexibility index (Phi) is 4.93. The molecule has 118 valence electrons. The zero-order valence-corrected chi connectivity index (χ0v) is 13.4. The summed E-state index contributed by atoms with van der Waals surface area (Å²) >= 11 is 0. The average Bonchev–Trinajstić information content (AvgIpc) is 2.82. The van der Waals surface area contributed by atoms with E-state index < -0.39 is 5.60 Å². The van der Waals surface area contributed by atoms with Crippen LogP contribution in [0.4, 0.5) is 4.79 Å². The van der Waals surface area contributed by atoms with Gasteiger partial charge in [0.1, 0.15) is 11.4 Å². The minimum atomic E-state index is -0.466. The van der Waals surface area contributed by atoms with Gasteiger partial charge in [0.05, 0.1) is 6.26 Å². The number of aryl methyl sites for hydroxylation is 1. The van der Waals surface area contributed by atoms with Crippen molar-refractivity contribution in [2.75, 3.05) is 6.54 Å². The molecule has 0 fully saturated rings. The first-order valence-electron chi connectivity index (χ1n) is 7.64. The number of alkyl carbamates (subject to hydrolysis) is 1. The molecule has 0 aromatic carbocycles. The number of rotatable bonds is 4. The van der Waals surface area contributed by atoms with Crippen LogP contribution in [0, 0.1) is 0 Å². The second kappa shape index (κ2) is 6.52. The lowest BCUT2D eigenvalue weighted by molar-refractivity contribution is 0.0507. The van der Waals surface area contributed by atoms with Crippen LogP contribution in [0.3, 0.4) is 0 Å². The van der Waals surface area contributed by atoms with E-state index in [1.165, 1.54) is 5.56 Å². The zero-order chi connectivity index (χ0) is 15.5. The van der Waals surface area contributed by atoms with E-state index in [1.54, 1.807) is 6.26 Å². The van der Waals surface area contributed by atoms with Gasteiger partial charge >= 0.3 is 6.09 Å². The van der Waals surface area contributed by atoms with Gasteiger partial charge in [-0.3, -0.25) is 0 Å². The Balaban J connectivity index is 1.78. The van der Waals surface area contributed by atoms with Gasteiger partial charge in [-0.05, 0) is 46.6 Å². The molecule has 2 unspecified atom stereocenters. The third-order valence-electron chi connectivity index (χ3n) is 3.49. The molecule has 1 aliphatic rings. The highest BCUT2D eigenvalue weighted by molar-refractivity contribution is 5.68. The minimum absolute atomic E-state index is 0.0112. The van der Waals surface area contributed by atoms with Crippen LogP contribution >= 0.6 is 0 Å². The van der Waals surface area contributed by atoms with E-state index in [2.05, 4.69) is 10.6 Å². The second-order valence-electron chi connectivity index (χ2n) is 6.70. The normalized spacial score (nSPS) is 19.7. The number of nitrogens with one attached hydrogen (secondary N) is 2. The molecule has 0 bridgehead atoms. The van der Waals surface area contributed by atoms with Crippen LogP contribution in [0.5, 0.6) is 0 Å². The highest BCUT2D eigenvalue weighted by Gasteiger charge is 2.23. The molecule has 5 nitrogen and oxygen atoms in total. The molecule has 1 aliphatic carbocycles. The van der Waals surface area contributed by atoms with E-state index in [9.17, 15) is 4.79 Å². The lowest BCUT2D eigenvalue weighted by Gasteiger charge is -2.26. The first-order valence-corrected chi connectivity index (χ1v) is 7.64. The summed E-state index contributed by atoms with van der Waals surface area (Å²) in [6, 6.07) is 2.37. The van der Waals surface area contributed by atoms with E-state index in [-0.39, 0.29) is 12.1 Å². The van der Waals surface area contributed by atoms with Crippen LogP contribution < -0.4 is 10.6 Å². The Bertz CT molecular complexity index is 476. The number of carbonyl (C=O) groups is 1. The van der Waals surface area contributed by atoms with Gasteiger partial charge in [0.25, 0.3) is 0 Å². The fourth-order valence-electron chi connectivity index (χ4n) is 2.58. The Morgan fingerprint density at radius 1 is 1.52 bits per heavy atom. The molecule has 0 radical (unpaired) electrons. The lowest BCUT2D eigenvalue weighted by atomic mass is 9.93. The summed E-state index contributed by atoms with van der Waals surface area (Å²) in [5.41, 5.74) is 0.789. The van der Waals surface area contributed by atoms with E-state index in [0.717, 1.165) is 25.0 Å². The molecule has 1 heterocycles. The molecule has 1 aromatic rings. The topological polar surface area (TPSA) is 63.5 Å². The molecule has 0 aliphatic heterocycles. The quantitative estimate of drug-likeness (QED) is 0.895. The molecule has 2 rings (SSSR count). The molecular weight excluding hydrogens is 268 g/mol. The van der Waals surface area contributed by atoms with E-state index in [0.29, 0.717) is 12.6 Å². The smallest absolute Gasteiger partial charge is 0.407 e. The van der Waals surface area contributed by atoms with Crippen LogP contribution in [-0.4, -0.2) is 24.3 Å². The van der Waals surface area contributed by atoms with Crippen LogP contribution in [0.2, 0.25) is 0 Å². The molecule has 0 saturated heterocycles. The Morgan fingerprint density at radius 2 is 2.29 bits per heavy atom. The molecule has 2 N–H and O–H groups in total. The van der Waals surface area contributed by atoms with Gasteiger partial charge in [0, 0.05) is 30.6 Å². The van der Waals surface area contributed by atoms with Crippen molar-refractivity contribution in [1.29, 1.82) is 0 Å². The number of hydrogen-bond acceptors (Lipinski definition) is 4. The summed E-state index contributed by atoms with van der Waals surface area (Å²) in [4.78, 5) is 11.7. The number of ether oxygens (including phenoxy) is 1. The summed E-state index contributed by atoms with van der Waals surface area (Å²) < 4.78 is 10.7. The van der Waals surface area contributed by atoms with Crippen molar-refractivity contribution in [2.24, 2.45) is 0 Å². The number of amides is 1. The molecule has 2 atom stereocenters. The van der Waals surface area contributed by atoms with Crippen molar-refractivity contribution >= 4 is 6.09 Å². The van der Waals surface area contributed by atoms with Gasteiger partial charge in [0.15, 0.2) is 0 Å². The molecule has 0 saturated carbocycles. The summed E-state index contributed by atoms with van der Waals surface area (Å²) in [7, 11) is 0. The number of furan rings is 1. The predicted molar refractivity (Wildman–Crippen MR) is 81.2 cm³/mol. The van der Waals surface area contributed by atoms with Crippen molar-refractivity contribution in [1.82, 2.24) is 10.6 Å². The van der Waals surface area contributed by atoms with Crippen molar-refractivity contribution in [2.45, 2.75) is 64.6 Å². The summed E-state index contributed by atoms with van der Waals surface area (Å²) in [5.74, 6) is 1.09. The van der Waals surface area contributed by atoms with Gasteiger partial charge < -0.3 is 19.8 Å². The fourth-order valence-corrected chi connectivity index (χ4v) is 2.58. The maximum atomic E-state index is 11.7. The second-order valence-corrected chi connectivity index (χ2v) is 6.70. The maximum Gasteiger partial charge on any atom is 0.407 e. The molecular formula is C16H26N2O3. The van der Waals surface area contributed by atoms with E-state index in [4.69, 9.17) is 9.15 Å². The number of hydrogen-bond donors (Lipinski definition) is 2. The number of fused-ring (bicyclic) bond motifs is 1. The molecule has 1 amide bonds. The first kappa shape index (κ1) is 15.9.